The molecule has 0 bridgehead atoms. The van der Waals surface area contributed by atoms with Crippen molar-refractivity contribution in [2.45, 2.75) is 370 Å². The van der Waals surface area contributed by atoms with Crippen molar-refractivity contribution in [1.29, 1.82) is 0 Å². The van der Waals surface area contributed by atoms with Gasteiger partial charge in [-0.3, -0.25) is 42.9 Å². The summed E-state index contributed by atoms with van der Waals surface area (Å²) in [7, 11) is 3.61. The molecule has 16 rings (SSSR count). The van der Waals surface area contributed by atoms with Gasteiger partial charge in [0, 0.05) is 77.7 Å². The molecule has 6 aromatic carbocycles. The highest BCUT2D eigenvalue weighted by Crippen LogP contribution is 2.42. The van der Waals surface area contributed by atoms with E-state index in [9.17, 15) is 24.0 Å². The molecule has 750 valence electrons. The zero-order chi connectivity index (χ0) is 105. The lowest BCUT2D eigenvalue weighted by atomic mass is 9.82. The van der Waals surface area contributed by atoms with Crippen molar-refractivity contribution in [3.8, 4) is 0 Å². The van der Waals surface area contributed by atoms with E-state index in [1.807, 2.05) is 409 Å². The zero-order valence-corrected chi connectivity index (χ0v) is 93.2. The summed E-state index contributed by atoms with van der Waals surface area (Å²) in [5, 5.41) is 13.0. The number of imidazole rings is 1. The summed E-state index contributed by atoms with van der Waals surface area (Å²) in [6.07, 6.45) is 21.4. The molecule has 0 aliphatic heterocycles. The van der Waals surface area contributed by atoms with E-state index in [0.29, 0.717) is 27.6 Å². The summed E-state index contributed by atoms with van der Waals surface area (Å²) in [6, 6.07) is 58.2. The average Bonchev–Trinajstić information content (AvgIpc) is 1.21. The number of hydrogen-bond acceptors (Lipinski definition) is 11. The van der Waals surface area contributed by atoms with Crippen molar-refractivity contribution >= 4 is 71.2 Å². The molecule has 2 saturated carbocycles. The first-order valence-corrected chi connectivity index (χ1v) is 50.0. The summed E-state index contributed by atoms with van der Waals surface area (Å²) in [5.74, 6) is 2.33. The van der Waals surface area contributed by atoms with Gasteiger partial charge in [-0.2, -0.15) is 5.10 Å². The van der Waals surface area contributed by atoms with Gasteiger partial charge in [0.25, 0.3) is 16.7 Å². The van der Waals surface area contributed by atoms with Gasteiger partial charge in [-0.25, -0.2) is 23.9 Å². The number of benzene rings is 6. The van der Waals surface area contributed by atoms with E-state index in [1.54, 1.807) is 75.6 Å². The predicted molar refractivity (Wildman–Crippen MR) is 593 cm³/mol. The molecule has 8 heterocycles. The predicted octanol–water partition coefficient (Wildman–Crippen LogP) is 31.7. The first kappa shape index (κ1) is 128. The van der Waals surface area contributed by atoms with Crippen LogP contribution in [0, 0.1) is 28.1 Å². The van der Waals surface area contributed by atoms with E-state index in [2.05, 4.69) is 125 Å². The van der Waals surface area contributed by atoms with Crippen LogP contribution in [0.4, 0.5) is 0 Å². The number of nitrogens with zero attached hydrogens (tertiary/aromatic N) is 13. The van der Waals surface area contributed by atoms with E-state index < -0.39 is 0 Å². The fourth-order valence-corrected chi connectivity index (χ4v) is 13.0. The highest BCUT2D eigenvalue weighted by molar-refractivity contribution is 5.82. The summed E-state index contributed by atoms with van der Waals surface area (Å²) < 4.78 is 11.5. The maximum Gasteiger partial charge on any atom is 0.350 e. The molecular weight excluding hydrogens is 1670 g/mol. The smallest absolute Gasteiger partial charge is 0.310 e. The molecule has 2 aliphatic rings. The molecule has 0 amide bonds. The first-order valence-electron chi connectivity index (χ1n) is 50.0. The maximum absolute atomic E-state index is 12.1. The average molecular weight is 1860 g/mol. The Hall–Kier alpha value is -10.8. The normalized spacial score (nSPS) is 12.7. The van der Waals surface area contributed by atoms with E-state index in [1.165, 1.54) is 45.8 Å². The molecular formula is C117H187N13O5. The molecule has 0 N–H and O–H groups in total. The van der Waals surface area contributed by atoms with Crippen LogP contribution in [0.2, 0.25) is 0 Å². The Bertz CT molecular complexity index is 5520. The van der Waals surface area contributed by atoms with Crippen molar-refractivity contribution in [2.75, 3.05) is 0 Å². The number of para-hydroxylation sites is 7. The number of aromatic nitrogens is 13. The number of fused-ring (bicyclic) bond motifs is 8. The Morgan fingerprint density at radius 2 is 0.674 bits per heavy atom. The summed E-state index contributed by atoms with van der Waals surface area (Å²) >= 11 is 0. The van der Waals surface area contributed by atoms with E-state index >= 15 is 0 Å². The van der Waals surface area contributed by atoms with Gasteiger partial charge in [-0.05, 0) is 195 Å². The van der Waals surface area contributed by atoms with E-state index in [-0.39, 0.29) is 55.6 Å². The van der Waals surface area contributed by atoms with Crippen LogP contribution in [0.1, 0.15) is 348 Å². The van der Waals surface area contributed by atoms with Gasteiger partial charge in [-0.1, -0.05) is 363 Å². The third-order valence-electron chi connectivity index (χ3n) is 18.4. The second-order valence-corrected chi connectivity index (χ2v) is 40.5. The summed E-state index contributed by atoms with van der Waals surface area (Å²) in [6.45, 7) is 88.3. The Kier molecular flexibility index (Phi) is 60.4. The first-order chi connectivity index (χ1) is 63.2. The van der Waals surface area contributed by atoms with Crippen molar-refractivity contribution in [1.82, 2.24) is 62.2 Å². The van der Waals surface area contributed by atoms with Crippen molar-refractivity contribution in [3.05, 3.63) is 277 Å². The summed E-state index contributed by atoms with van der Waals surface area (Å²) in [4.78, 5) is 77.1. The molecule has 18 heteroatoms. The number of pyridine rings is 3. The number of hydrogen-bond donors (Lipinski definition) is 0. The lowest BCUT2D eigenvalue weighted by Crippen LogP contribution is -2.35. The Balaban J connectivity index is -0.00000142. The van der Waals surface area contributed by atoms with Gasteiger partial charge in [-0.15, -0.1) is 5.10 Å². The third kappa shape index (κ3) is 46.6. The highest BCUT2D eigenvalue weighted by Gasteiger charge is 2.29. The van der Waals surface area contributed by atoms with Crippen LogP contribution in [-0.2, 0) is 41.7 Å². The second-order valence-electron chi connectivity index (χ2n) is 40.5. The standard InChI is InChI=1S/C13H16N2O.C13H15NO.C12H16N2O.C12H14N2O.C10H13N3O.C9H7N.C9H16.C8H6N2.3C5H12.8C2H6/c1-13(2,3)11-12(16)15(4)10-8-6-5-7-9(10)14-11;1-13(2,3)14-9-8-10-6-4-5-7-11(10)12(14)15;1-12(2,3)14-10-8-6-5-7-9(10)13(4)11(14)15;1-12(2,3)14-11(15)10-7-5-4-6-9(10)8-13-14;1-10(2,3)13-9(14)12-7-5-4-6-8(12)11-13;1-2-6-9-8(4-1)5-3-7-10-9;1-2-5-9-7-3-6-8(9)4-1;1-2-4-8-7(3-1)9-5-6-10-8;3*1-5(2,3)4;8*1-2/h5-8H,1-4H3;4-9H,1-3H3;5-8H,1-4H3;4-8H,1-3H3;4-7H,1-3H3;1-7H;8-9H,1-7H2;1-6H;3*1-4H3;8*1-2H3. The molecule has 2 aliphatic carbocycles. The lowest BCUT2D eigenvalue weighted by Gasteiger charge is -2.24. The molecule has 135 heavy (non-hydrogen) atoms. The maximum atomic E-state index is 12.1. The van der Waals surface area contributed by atoms with Crippen LogP contribution < -0.4 is 28.1 Å². The number of rotatable bonds is 0. The Morgan fingerprint density at radius 1 is 0.304 bits per heavy atom. The van der Waals surface area contributed by atoms with E-state index in [0.717, 1.165) is 60.2 Å². The molecule has 14 aromatic rings. The minimum absolute atomic E-state index is 0.00815. The van der Waals surface area contributed by atoms with Crippen LogP contribution in [0.15, 0.2) is 243 Å². The fourth-order valence-electron chi connectivity index (χ4n) is 13.0. The lowest BCUT2D eigenvalue weighted by molar-refractivity contribution is 0.277. The van der Waals surface area contributed by atoms with Crippen LogP contribution in [-0.4, -0.2) is 62.2 Å². The molecule has 2 atom stereocenters. The van der Waals surface area contributed by atoms with Gasteiger partial charge in [0.1, 0.15) is 5.69 Å². The van der Waals surface area contributed by atoms with Crippen LogP contribution in [0.5, 0.6) is 0 Å². The van der Waals surface area contributed by atoms with Crippen molar-refractivity contribution in [3.63, 3.8) is 0 Å². The van der Waals surface area contributed by atoms with Crippen molar-refractivity contribution in [2.24, 2.45) is 42.2 Å². The quantitative estimate of drug-likeness (QED) is 0.140. The molecule has 0 spiro atoms. The highest BCUT2D eigenvalue weighted by atomic mass is 16.2. The van der Waals surface area contributed by atoms with Crippen LogP contribution in [0.25, 0.3) is 71.2 Å². The fraction of sp³-hybridized carbons (Fsp3) is 0.530. The van der Waals surface area contributed by atoms with E-state index in [4.69, 9.17) is 0 Å². The number of aryl methyl sites for hydroxylation is 2. The van der Waals surface area contributed by atoms with Gasteiger partial charge in [0.05, 0.1) is 61.3 Å². The Labute approximate surface area is 817 Å². The van der Waals surface area contributed by atoms with Gasteiger partial charge < -0.3 is 9.13 Å². The minimum Gasteiger partial charge on any atom is -0.310 e. The largest absolute Gasteiger partial charge is 0.350 e. The second kappa shape index (κ2) is 63.5. The molecule has 0 radical (unpaired) electrons. The third-order valence-corrected chi connectivity index (χ3v) is 18.4. The SMILES string of the molecule is C1CCC2CCCC2C1.CC.CC.CC.CC.CC.CC.CC.CC.CC(C)(C)C.CC(C)(C)C.CC(C)(C)C.CC(C)(C)n1ccc2ccccc2c1=O.CC(C)(C)n1nc2ccccn2c1=O.CC(C)(C)n1ncc2ccccc2c1=O.Cn1c(=O)c(C(C)(C)C)nc2ccccc21.Cn1c(=O)n(C(C)(C)C)c2ccccc21.c1ccc2ncccc2c1.c1ccc2nccnc2c1. The van der Waals surface area contributed by atoms with Gasteiger partial charge in [0.2, 0.25) is 0 Å². The molecule has 18 nitrogen and oxygen atoms in total. The monoisotopic (exact) mass is 1850 g/mol. The zero-order valence-electron chi connectivity index (χ0n) is 93.2. The van der Waals surface area contributed by atoms with Crippen LogP contribution in [0.3, 0.4) is 0 Å². The van der Waals surface area contributed by atoms with Gasteiger partial charge >= 0.3 is 11.4 Å². The molecule has 2 unspecified atom stereocenters. The Morgan fingerprint density at radius 3 is 1.10 bits per heavy atom. The molecule has 2 fully saturated rings. The van der Waals surface area contributed by atoms with Crippen molar-refractivity contribution < 1.29 is 0 Å². The van der Waals surface area contributed by atoms with Crippen LogP contribution >= 0.6 is 0 Å². The minimum atomic E-state index is -0.277. The summed E-state index contributed by atoms with van der Waals surface area (Å²) in [5.41, 5.74) is 8.37. The molecule has 0 saturated heterocycles. The topological polar surface area (TPSA) is 197 Å². The van der Waals surface area contributed by atoms with Gasteiger partial charge in [0.15, 0.2) is 5.65 Å². The molecule has 8 aromatic heterocycles.